The molecular formula is C30H38Cl2N4O4S. The predicted octanol–water partition coefficient (Wildman–Crippen LogP) is 6.18. The number of nitrogens with zero attached hydrogens (tertiary/aromatic N) is 1. The van der Waals surface area contributed by atoms with Crippen LogP contribution in [0.2, 0.25) is 10.0 Å². The SMILES string of the molecule is CCNc1cc(C(=O)N[C@@H](Cc2ccccc2)[C@H](O)CNCc2cc(Cl)cc(Cl)c2)cc(N2CCCCS2(O)O)c1. The van der Waals surface area contributed by atoms with Gasteiger partial charge >= 0.3 is 0 Å². The zero-order valence-electron chi connectivity index (χ0n) is 23.0. The first-order valence-electron chi connectivity index (χ1n) is 13.8. The van der Waals surface area contributed by atoms with Crippen molar-refractivity contribution in [3.8, 4) is 0 Å². The highest BCUT2D eigenvalue weighted by Gasteiger charge is 2.28. The normalized spacial score (nSPS) is 17.0. The number of amides is 1. The van der Waals surface area contributed by atoms with Crippen LogP contribution in [0.15, 0.2) is 66.7 Å². The number of carbonyl (C=O) groups is 1. The minimum Gasteiger partial charge on any atom is -0.390 e. The topological polar surface area (TPSA) is 117 Å². The number of hydrogen-bond acceptors (Lipinski definition) is 7. The lowest BCUT2D eigenvalue weighted by Crippen LogP contribution is -2.48. The Morgan fingerprint density at radius 3 is 2.41 bits per heavy atom. The molecule has 0 saturated carbocycles. The third kappa shape index (κ3) is 8.99. The van der Waals surface area contributed by atoms with Crippen molar-refractivity contribution in [2.45, 2.75) is 44.9 Å². The van der Waals surface area contributed by atoms with Crippen molar-refractivity contribution in [3.05, 3.63) is 93.5 Å². The lowest BCUT2D eigenvalue weighted by atomic mass is 10.00. The van der Waals surface area contributed by atoms with Crippen LogP contribution in [0.4, 0.5) is 11.4 Å². The average molecular weight is 622 g/mol. The van der Waals surface area contributed by atoms with E-state index in [1.54, 1.807) is 22.5 Å². The molecule has 1 aliphatic rings. The fraction of sp³-hybridized carbons (Fsp3) is 0.367. The van der Waals surface area contributed by atoms with Gasteiger partial charge in [0, 0.05) is 47.5 Å². The van der Waals surface area contributed by atoms with Crippen molar-refractivity contribution in [2.75, 3.05) is 35.0 Å². The zero-order chi connectivity index (χ0) is 29.4. The minimum atomic E-state index is -2.96. The molecule has 4 rings (SSSR count). The van der Waals surface area contributed by atoms with Gasteiger partial charge in [0.05, 0.1) is 23.6 Å². The van der Waals surface area contributed by atoms with Crippen LogP contribution < -0.4 is 20.3 Å². The van der Waals surface area contributed by atoms with E-state index in [0.717, 1.165) is 24.0 Å². The van der Waals surface area contributed by atoms with E-state index in [0.29, 0.717) is 58.8 Å². The Bertz CT molecular complexity index is 1290. The lowest BCUT2D eigenvalue weighted by molar-refractivity contribution is 0.0830. The van der Waals surface area contributed by atoms with Crippen molar-refractivity contribution >= 4 is 51.3 Å². The van der Waals surface area contributed by atoms with Gasteiger partial charge in [0.15, 0.2) is 0 Å². The number of halogens is 2. The summed E-state index contributed by atoms with van der Waals surface area (Å²) in [6.45, 7) is 3.76. The monoisotopic (exact) mass is 620 g/mol. The number of aliphatic hydroxyl groups is 1. The van der Waals surface area contributed by atoms with Gasteiger partial charge in [-0.05, 0) is 73.7 Å². The van der Waals surface area contributed by atoms with Crippen LogP contribution in [0.25, 0.3) is 0 Å². The van der Waals surface area contributed by atoms with E-state index in [4.69, 9.17) is 23.2 Å². The fourth-order valence-electron chi connectivity index (χ4n) is 4.92. The molecule has 41 heavy (non-hydrogen) atoms. The number of rotatable bonds is 12. The van der Waals surface area contributed by atoms with E-state index in [2.05, 4.69) is 16.0 Å². The van der Waals surface area contributed by atoms with E-state index in [9.17, 15) is 19.0 Å². The molecule has 1 heterocycles. The predicted molar refractivity (Wildman–Crippen MR) is 170 cm³/mol. The van der Waals surface area contributed by atoms with Crippen molar-refractivity contribution in [2.24, 2.45) is 0 Å². The first kappa shape index (κ1) is 31.4. The number of benzene rings is 3. The highest BCUT2D eigenvalue weighted by molar-refractivity contribution is 8.25. The van der Waals surface area contributed by atoms with Crippen LogP contribution >= 0.6 is 34.0 Å². The number of anilines is 2. The summed E-state index contributed by atoms with van der Waals surface area (Å²) >= 11 is 12.2. The van der Waals surface area contributed by atoms with E-state index >= 15 is 0 Å². The Labute approximate surface area is 253 Å². The maximum Gasteiger partial charge on any atom is 0.251 e. The van der Waals surface area contributed by atoms with Gasteiger partial charge in [-0.2, -0.15) is 0 Å². The number of carbonyl (C=O) groups excluding carboxylic acids is 1. The molecule has 0 aromatic heterocycles. The first-order valence-corrected chi connectivity index (χ1v) is 16.2. The summed E-state index contributed by atoms with van der Waals surface area (Å²) < 4.78 is 23.0. The van der Waals surface area contributed by atoms with Crippen molar-refractivity contribution in [1.29, 1.82) is 0 Å². The van der Waals surface area contributed by atoms with Crippen LogP contribution in [0, 0.1) is 0 Å². The Hall–Kier alpha value is -2.50. The summed E-state index contributed by atoms with van der Waals surface area (Å²) in [6, 6.07) is 19.6. The summed E-state index contributed by atoms with van der Waals surface area (Å²) in [7, 11) is -2.96. The summed E-state index contributed by atoms with van der Waals surface area (Å²) in [5, 5.41) is 21.8. The van der Waals surface area contributed by atoms with Crippen molar-refractivity contribution in [3.63, 3.8) is 0 Å². The minimum absolute atomic E-state index is 0.222. The van der Waals surface area contributed by atoms with E-state index in [1.165, 1.54) is 0 Å². The standard InChI is InChI=1S/C30H38Cl2N4O4S/c1-2-34-26-15-23(16-27(18-26)36-10-6-7-11-41(36,39)40)30(38)35-28(14-21-8-4-3-5-9-21)29(37)20-33-19-22-12-24(31)17-25(32)13-22/h3-5,8-9,12-13,15-18,28-29,33-34,37,39-40H,2,6-7,10-11,14,19-20H2,1H3,(H,35,38)/t28-,29+/m0/s1. The van der Waals surface area contributed by atoms with E-state index < -0.39 is 22.9 Å². The largest absolute Gasteiger partial charge is 0.390 e. The molecule has 3 aromatic carbocycles. The molecule has 1 saturated heterocycles. The second-order valence-electron chi connectivity index (χ2n) is 10.2. The maximum atomic E-state index is 13.6. The molecule has 6 N–H and O–H groups in total. The third-order valence-corrected chi connectivity index (χ3v) is 9.29. The fourth-order valence-corrected chi connectivity index (χ4v) is 7.17. The van der Waals surface area contributed by atoms with Gasteiger partial charge in [0.1, 0.15) is 0 Å². The Morgan fingerprint density at radius 1 is 1.00 bits per heavy atom. The van der Waals surface area contributed by atoms with Crippen LogP contribution in [0.3, 0.4) is 0 Å². The molecule has 0 aliphatic carbocycles. The Morgan fingerprint density at radius 2 is 1.73 bits per heavy atom. The second-order valence-corrected chi connectivity index (χ2v) is 13.2. The molecule has 1 fully saturated rings. The summed E-state index contributed by atoms with van der Waals surface area (Å²) in [5.41, 5.74) is 3.51. The smallest absolute Gasteiger partial charge is 0.251 e. The van der Waals surface area contributed by atoms with Gasteiger partial charge in [-0.15, -0.1) is 10.8 Å². The molecule has 0 spiro atoms. The van der Waals surface area contributed by atoms with Crippen LogP contribution in [-0.2, 0) is 13.0 Å². The van der Waals surface area contributed by atoms with Crippen molar-refractivity contribution < 1.29 is 19.0 Å². The number of nitrogens with one attached hydrogen (secondary N) is 3. The van der Waals surface area contributed by atoms with E-state index in [-0.39, 0.29) is 12.5 Å². The molecule has 3 aromatic rings. The molecule has 8 nitrogen and oxygen atoms in total. The summed E-state index contributed by atoms with van der Waals surface area (Å²) in [5.74, 6) is -0.0548. The second kappa shape index (κ2) is 14.6. The molecule has 222 valence electrons. The quantitative estimate of drug-likeness (QED) is 0.143. The highest BCUT2D eigenvalue weighted by atomic mass is 35.5. The molecule has 2 atom stereocenters. The van der Waals surface area contributed by atoms with E-state index in [1.807, 2.05) is 55.5 Å². The molecule has 1 aliphatic heterocycles. The van der Waals surface area contributed by atoms with Gasteiger partial charge in [0.25, 0.3) is 5.91 Å². The molecule has 11 heteroatoms. The molecule has 0 bridgehead atoms. The lowest BCUT2D eigenvalue weighted by Gasteiger charge is -2.47. The third-order valence-electron chi connectivity index (χ3n) is 6.92. The van der Waals surface area contributed by atoms with Crippen LogP contribution in [0.5, 0.6) is 0 Å². The summed E-state index contributed by atoms with van der Waals surface area (Å²) in [4.78, 5) is 13.6. The summed E-state index contributed by atoms with van der Waals surface area (Å²) in [6.07, 6.45) is 1.10. The zero-order valence-corrected chi connectivity index (χ0v) is 25.4. The Kier molecular flexibility index (Phi) is 11.2. The first-order chi connectivity index (χ1) is 19.6. The van der Waals surface area contributed by atoms with Gasteiger partial charge in [-0.25, -0.2) is 0 Å². The van der Waals surface area contributed by atoms with Gasteiger partial charge in [-0.1, -0.05) is 53.5 Å². The molecular weight excluding hydrogens is 583 g/mol. The average Bonchev–Trinajstić information content (AvgIpc) is 2.92. The number of aliphatic hydroxyl groups excluding tert-OH is 1. The van der Waals surface area contributed by atoms with Gasteiger partial charge in [0.2, 0.25) is 0 Å². The maximum absolute atomic E-state index is 13.6. The van der Waals surface area contributed by atoms with Crippen LogP contribution in [0.1, 0.15) is 41.3 Å². The Balaban J connectivity index is 1.53. The molecule has 0 unspecified atom stereocenters. The van der Waals surface area contributed by atoms with Crippen LogP contribution in [-0.4, -0.2) is 57.7 Å². The van der Waals surface area contributed by atoms with Gasteiger partial charge < -0.3 is 21.1 Å². The number of hydrogen-bond donors (Lipinski definition) is 6. The highest BCUT2D eigenvalue weighted by Crippen LogP contribution is 2.50. The van der Waals surface area contributed by atoms with Crippen molar-refractivity contribution in [1.82, 2.24) is 10.6 Å². The molecule has 0 radical (unpaired) electrons. The molecule has 1 amide bonds. The van der Waals surface area contributed by atoms with Gasteiger partial charge in [-0.3, -0.25) is 18.2 Å².